The molecule has 2 atom stereocenters. The van der Waals surface area contributed by atoms with Crippen LogP contribution >= 0.6 is 0 Å². The van der Waals surface area contributed by atoms with Gasteiger partial charge in [-0.1, -0.05) is 34.6 Å². The first-order chi connectivity index (χ1) is 5.36. The van der Waals surface area contributed by atoms with Gasteiger partial charge in [0, 0.05) is 16.7 Å². The molecule has 68 valence electrons. The van der Waals surface area contributed by atoms with Gasteiger partial charge in [-0.2, -0.15) is 0 Å². The number of hydrogen-bond acceptors (Lipinski definition) is 1. The summed E-state index contributed by atoms with van der Waals surface area (Å²) in [6, 6.07) is 0. The second-order valence-electron chi connectivity index (χ2n) is 5.41. The van der Waals surface area contributed by atoms with E-state index in [2.05, 4.69) is 40.7 Å². The Balaban J connectivity index is 2.45. The van der Waals surface area contributed by atoms with Gasteiger partial charge in [-0.25, -0.2) is 0 Å². The summed E-state index contributed by atoms with van der Waals surface area (Å²) in [6.45, 7) is 11.4. The van der Waals surface area contributed by atoms with Crippen LogP contribution < -0.4 is 0 Å². The fourth-order valence-corrected chi connectivity index (χ4v) is 2.70. The lowest BCUT2D eigenvalue weighted by Crippen LogP contribution is -2.40. The molecule has 0 N–H and O–H groups in total. The second-order valence-corrected chi connectivity index (χ2v) is 5.41. The summed E-state index contributed by atoms with van der Waals surface area (Å²) in [4.78, 5) is 0. The molecule has 0 radical (unpaired) electrons. The van der Waals surface area contributed by atoms with Gasteiger partial charge in [-0.15, -0.1) is 0 Å². The van der Waals surface area contributed by atoms with E-state index in [0.29, 0.717) is 17.4 Å². The molecule has 2 aliphatic rings. The van der Waals surface area contributed by atoms with Gasteiger partial charge in [0.05, 0.1) is 5.76 Å². The second kappa shape index (κ2) is 1.89. The van der Waals surface area contributed by atoms with Crippen molar-refractivity contribution in [1.29, 1.82) is 0 Å². The summed E-state index contributed by atoms with van der Waals surface area (Å²) >= 11 is 0. The quantitative estimate of drug-likeness (QED) is 0.537. The van der Waals surface area contributed by atoms with Crippen molar-refractivity contribution in [3.8, 4) is 0 Å². The van der Waals surface area contributed by atoms with Gasteiger partial charge >= 0.3 is 0 Å². The highest BCUT2D eigenvalue weighted by atomic mass is 16.5. The zero-order chi connectivity index (χ0) is 9.15. The molecule has 2 aliphatic heterocycles. The standard InChI is InChI=1S/C11H18O/c1-7-8-6-10(2,3)9(12-8)11(7,4)5/h6-7,9H,1-5H3. The van der Waals surface area contributed by atoms with Crippen molar-refractivity contribution >= 4 is 0 Å². The highest BCUT2D eigenvalue weighted by Crippen LogP contribution is 2.57. The molecule has 1 nitrogen and oxygen atoms in total. The average Bonchev–Trinajstić information content (AvgIpc) is 2.31. The lowest BCUT2D eigenvalue weighted by atomic mass is 9.64. The fraction of sp³-hybridized carbons (Fsp3) is 0.818. The summed E-state index contributed by atoms with van der Waals surface area (Å²) in [5, 5.41) is 0. The number of rotatable bonds is 0. The van der Waals surface area contributed by atoms with Crippen molar-refractivity contribution in [3.05, 3.63) is 11.8 Å². The van der Waals surface area contributed by atoms with E-state index in [1.54, 1.807) is 0 Å². The molecule has 2 heterocycles. The van der Waals surface area contributed by atoms with Crippen LogP contribution in [0.1, 0.15) is 34.6 Å². The minimum absolute atomic E-state index is 0.241. The smallest absolute Gasteiger partial charge is 0.113 e. The number of hydrogen-bond donors (Lipinski definition) is 0. The maximum atomic E-state index is 5.88. The van der Waals surface area contributed by atoms with E-state index >= 15 is 0 Å². The van der Waals surface area contributed by atoms with Crippen molar-refractivity contribution in [2.75, 3.05) is 0 Å². The van der Waals surface area contributed by atoms with E-state index < -0.39 is 0 Å². The molecule has 2 bridgehead atoms. The molecule has 12 heavy (non-hydrogen) atoms. The Bertz CT molecular complexity index is 248. The molecule has 0 spiro atoms. The summed E-state index contributed by atoms with van der Waals surface area (Å²) in [7, 11) is 0. The van der Waals surface area contributed by atoms with E-state index in [4.69, 9.17) is 4.74 Å². The van der Waals surface area contributed by atoms with Gasteiger partial charge in [0.25, 0.3) is 0 Å². The Kier molecular flexibility index (Phi) is 1.28. The van der Waals surface area contributed by atoms with Gasteiger partial charge in [-0.3, -0.25) is 0 Å². The van der Waals surface area contributed by atoms with Crippen LogP contribution in [-0.4, -0.2) is 6.10 Å². The topological polar surface area (TPSA) is 9.23 Å². The van der Waals surface area contributed by atoms with Crippen LogP contribution in [0.3, 0.4) is 0 Å². The Morgan fingerprint density at radius 3 is 2.17 bits per heavy atom. The number of ether oxygens (including phenoxy) is 1. The predicted molar refractivity (Wildman–Crippen MR) is 49.7 cm³/mol. The molecule has 0 aromatic carbocycles. The largest absolute Gasteiger partial charge is 0.493 e. The van der Waals surface area contributed by atoms with Crippen molar-refractivity contribution in [3.63, 3.8) is 0 Å². The van der Waals surface area contributed by atoms with Crippen LogP contribution in [0.5, 0.6) is 0 Å². The maximum Gasteiger partial charge on any atom is 0.113 e. The molecule has 0 aromatic heterocycles. The third-order valence-electron chi connectivity index (χ3n) is 3.66. The maximum absolute atomic E-state index is 5.88. The molecular formula is C11H18O. The Hall–Kier alpha value is -0.460. The summed E-state index contributed by atoms with van der Waals surface area (Å²) in [5.41, 5.74) is 0.554. The SMILES string of the molecule is CC1C2=CC(C)(C)C(O2)C1(C)C. The lowest BCUT2D eigenvalue weighted by Gasteiger charge is -2.37. The van der Waals surface area contributed by atoms with Gasteiger partial charge < -0.3 is 4.74 Å². The van der Waals surface area contributed by atoms with E-state index in [9.17, 15) is 0 Å². The number of allylic oxidation sites excluding steroid dienone is 1. The van der Waals surface area contributed by atoms with Crippen LogP contribution in [-0.2, 0) is 4.74 Å². The predicted octanol–water partition coefficient (Wildman–Crippen LogP) is 2.97. The molecule has 1 heteroatoms. The van der Waals surface area contributed by atoms with Crippen LogP contribution in [0.2, 0.25) is 0 Å². The average molecular weight is 166 g/mol. The molecule has 0 amide bonds. The Labute approximate surface area is 74.8 Å². The van der Waals surface area contributed by atoms with Gasteiger partial charge in [-0.05, 0) is 6.08 Å². The van der Waals surface area contributed by atoms with Crippen LogP contribution in [0.4, 0.5) is 0 Å². The van der Waals surface area contributed by atoms with Crippen molar-refractivity contribution in [1.82, 2.24) is 0 Å². The molecule has 0 aliphatic carbocycles. The van der Waals surface area contributed by atoms with E-state index in [1.807, 2.05) is 0 Å². The molecule has 1 fully saturated rings. The summed E-state index contributed by atoms with van der Waals surface area (Å²) < 4.78 is 5.88. The van der Waals surface area contributed by atoms with Gasteiger partial charge in [0.2, 0.25) is 0 Å². The van der Waals surface area contributed by atoms with E-state index in [-0.39, 0.29) is 5.41 Å². The van der Waals surface area contributed by atoms with E-state index in [0.717, 1.165) is 0 Å². The Morgan fingerprint density at radius 1 is 1.25 bits per heavy atom. The number of fused-ring (bicyclic) bond motifs is 2. The molecule has 0 saturated carbocycles. The third kappa shape index (κ3) is 0.746. The van der Waals surface area contributed by atoms with Crippen LogP contribution in [0.25, 0.3) is 0 Å². The van der Waals surface area contributed by atoms with E-state index in [1.165, 1.54) is 5.76 Å². The lowest BCUT2D eigenvalue weighted by molar-refractivity contribution is 0.0323. The highest BCUT2D eigenvalue weighted by molar-refractivity contribution is 5.25. The first kappa shape index (κ1) is 8.15. The van der Waals surface area contributed by atoms with Gasteiger partial charge in [0.15, 0.2) is 0 Å². The minimum Gasteiger partial charge on any atom is -0.493 e. The molecule has 2 rings (SSSR count). The summed E-state index contributed by atoms with van der Waals surface area (Å²) in [5.74, 6) is 1.81. The van der Waals surface area contributed by atoms with Crippen LogP contribution in [0.15, 0.2) is 11.8 Å². The summed E-state index contributed by atoms with van der Waals surface area (Å²) in [6.07, 6.45) is 2.68. The fourth-order valence-electron chi connectivity index (χ4n) is 2.70. The normalized spacial score (nSPS) is 40.9. The third-order valence-corrected chi connectivity index (χ3v) is 3.66. The zero-order valence-electron chi connectivity index (χ0n) is 8.64. The molecular weight excluding hydrogens is 148 g/mol. The van der Waals surface area contributed by atoms with Gasteiger partial charge in [0.1, 0.15) is 6.10 Å². The molecule has 1 saturated heterocycles. The minimum atomic E-state index is 0.241. The van der Waals surface area contributed by atoms with Crippen molar-refractivity contribution in [2.45, 2.75) is 40.7 Å². The molecule has 2 unspecified atom stereocenters. The monoisotopic (exact) mass is 166 g/mol. The van der Waals surface area contributed by atoms with Crippen molar-refractivity contribution in [2.24, 2.45) is 16.7 Å². The first-order valence-electron chi connectivity index (χ1n) is 4.75. The Morgan fingerprint density at radius 2 is 1.83 bits per heavy atom. The molecule has 0 aromatic rings. The highest BCUT2D eigenvalue weighted by Gasteiger charge is 2.56. The van der Waals surface area contributed by atoms with Crippen LogP contribution in [0, 0.1) is 16.7 Å². The first-order valence-corrected chi connectivity index (χ1v) is 4.75. The zero-order valence-corrected chi connectivity index (χ0v) is 8.64. The van der Waals surface area contributed by atoms with Crippen molar-refractivity contribution < 1.29 is 4.74 Å².